The Morgan fingerprint density at radius 3 is 2.81 bits per heavy atom. The molecule has 1 saturated heterocycles. The number of likely N-dealkylation sites (tertiary alicyclic amines) is 1. The highest BCUT2D eigenvalue weighted by atomic mass is 16.5. The van der Waals surface area contributed by atoms with Crippen LogP contribution < -0.4 is 11.1 Å². The van der Waals surface area contributed by atoms with Gasteiger partial charge in [-0.05, 0) is 31.7 Å². The number of anilines is 1. The molecule has 4 rings (SSSR count). The van der Waals surface area contributed by atoms with Gasteiger partial charge in [-0.15, -0.1) is 0 Å². The van der Waals surface area contributed by atoms with Gasteiger partial charge in [-0.2, -0.15) is 5.10 Å². The first kappa shape index (κ1) is 21.6. The van der Waals surface area contributed by atoms with Gasteiger partial charge in [0, 0.05) is 26.7 Å². The van der Waals surface area contributed by atoms with Gasteiger partial charge in [0.1, 0.15) is 22.8 Å². The van der Waals surface area contributed by atoms with Gasteiger partial charge in [0.25, 0.3) is 5.91 Å². The van der Waals surface area contributed by atoms with Crippen molar-refractivity contribution in [2.75, 3.05) is 25.0 Å². The lowest BCUT2D eigenvalue weighted by molar-refractivity contribution is -0.123. The van der Waals surface area contributed by atoms with E-state index in [0.717, 1.165) is 18.7 Å². The van der Waals surface area contributed by atoms with Gasteiger partial charge in [-0.3, -0.25) is 14.3 Å². The minimum atomic E-state index is -0.373. The standard InChI is InChI=1S/C23H28N6O3/c1-15-19(23(31)29-12-6-9-17(14-29)21(24)30)20(27-32-15)18-13-26-28(2)22(18)25-11-10-16-7-4-3-5-8-16/h3-5,7-8,13,17,25H,6,9-12,14H2,1-2H3,(H2,24,30). The molecule has 1 atom stereocenters. The number of aromatic nitrogens is 3. The molecule has 0 saturated carbocycles. The van der Waals surface area contributed by atoms with Crippen LogP contribution >= 0.6 is 0 Å². The molecule has 2 aromatic heterocycles. The Hall–Kier alpha value is -3.62. The van der Waals surface area contributed by atoms with Crippen molar-refractivity contribution in [1.29, 1.82) is 0 Å². The lowest BCUT2D eigenvalue weighted by Gasteiger charge is -2.31. The fourth-order valence-electron chi connectivity index (χ4n) is 4.15. The molecule has 0 aliphatic carbocycles. The molecule has 168 valence electrons. The second kappa shape index (κ2) is 9.25. The number of carbonyl (C=O) groups excluding carboxylic acids is 2. The van der Waals surface area contributed by atoms with Crippen molar-refractivity contribution in [1.82, 2.24) is 19.8 Å². The summed E-state index contributed by atoms with van der Waals surface area (Å²) in [5, 5.41) is 12.0. The van der Waals surface area contributed by atoms with Crippen molar-refractivity contribution in [2.24, 2.45) is 18.7 Å². The maximum atomic E-state index is 13.4. The number of nitrogens with zero attached hydrogens (tertiary/aromatic N) is 4. The summed E-state index contributed by atoms with van der Waals surface area (Å²) < 4.78 is 7.15. The molecule has 1 aliphatic heterocycles. The number of carbonyl (C=O) groups is 2. The van der Waals surface area contributed by atoms with E-state index in [4.69, 9.17) is 10.3 Å². The van der Waals surface area contributed by atoms with E-state index in [1.807, 2.05) is 25.2 Å². The van der Waals surface area contributed by atoms with Gasteiger partial charge < -0.3 is 20.5 Å². The van der Waals surface area contributed by atoms with Gasteiger partial charge >= 0.3 is 0 Å². The second-order valence-electron chi connectivity index (χ2n) is 8.15. The molecule has 9 nitrogen and oxygen atoms in total. The highest BCUT2D eigenvalue weighted by Gasteiger charge is 2.32. The highest BCUT2D eigenvalue weighted by Crippen LogP contribution is 2.32. The number of aryl methyl sites for hydroxylation is 2. The maximum Gasteiger partial charge on any atom is 0.259 e. The Labute approximate surface area is 186 Å². The zero-order chi connectivity index (χ0) is 22.7. The number of nitrogens with two attached hydrogens (primary N) is 1. The normalized spacial score (nSPS) is 16.2. The van der Waals surface area contributed by atoms with Crippen LogP contribution in [0.1, 0.15) is 34.5 Å². The van der Waals surface area contributed by atoms with E-state index >= 15 is 0 Å². The fraction of sp³-hybridized carbons (Fsp3) is 0.391. The molecule has 9 heteroatoms. The van der Waals surface area contributed by atoms with Gasteiger partial charge in [0.15, 0.2) is 0 Å². The molecule has 3 N–H and O–H groups in total. The number of benzene rings is 1. The molecule has 3 heterocycles. The largest absolute Gasteiger partial charge is 0.369 e. The topological polar surface area (TPSA) is 119 Å². The van der Waals surface area contributed by atoms with E-state index in [2.05, 4.69) is 27.7 Å². The molecule has 2 amide bonds. The van der Waals surface area contributed by atoms with Crippen LogP contribution in [0.15, 0.2) is 41.1 Å². The van der Waals surface area contributed by atoms with Crippen molar-refractivity contribution < 1.29 is 14.1 Å². The molecule has 1 aliphatic rings. The smallest absolute Gasteiger partial charge is 0.259 e. The summed E-state index contributed by atoms with van der Waals surface area (Å²) in [4.78, 5) is 26.7. The molecular weight excluding hydrogens is 408 g/mol. The summed E-state index contributed by atoms with van der Waals surface area (Å²) in [6.45, 7) is 3.30. The van der Waals surface area contributed by atoms with E-state index in [0.29, 0.717) is 48.6 Å². The Bertz CT molecular complexity index is 1100. The number of amides is 2. The highest BCUT2D eigenvalue weighted by molar-refractivity contribution is 6.02. The van der Waals surface area contributed by atoms with Crippen LogP contribution in [0.3, 0.4) is 0 Å². The van der Waals surface area contributed by atoms with E-state index in [1.54, 1.807) is 22.7 Å². The second-order valence-corrected chi connectivity index (χ2v) is 8.15. The van der Waals surface area contributed by atoms with Crippen LogP contribution in [0, 0.1) is 12.8 Å². The molecule has 1 aromatic carbocycles. The lowest BCUT2D eigenvalue weighted by Crippen LogP contribution is -2.44. The van der Waals surface area contributed by atoms with Crippen LogP contribution in [0.5, 0.6) is 0 Å². The van der Waals surface area contributed by atoms with Crippen LogP contribution in [-0.2, 0) is 18.3 Å². The third-order valence-corrected chi connectivity index (χ3v) is 5.93. The first-order valence-electron chi connectivity index (χ1n) is 10.8. The number of hydrogen-bond acceptors (Lipinski definition) is 6. The van der Waals surface area contributed by atoms with Gasteiger partial charge in [0.05, 0.1) is 17.7 Å². The predicted octanol–water partition coefficient (Wildman–Crippen LogP) is 2.38. The first-order chi connectivity index (χ1) is 15.5. The van der Waals surface area contributed by atoms with Gasteiger partial charge in [0.2, 0.25) is 5.91 Å². The number of rotatable bonds is 7. The van der Waals surface area contributed by atoms with Crippen molar-refractivity contribution >= 4 is 17.6 Å². The average Bonchev–Trinajstić information content (AvgIpc) is 3.36. The summed E-state index contributed by atoms with van der Waals surface area (Å²) in [5.74, 6) is 0.290. The molecule has 32 heavy (non-hydrogen) atoms. The Morgan fingerprint density at radius 2 is 2.06 bits per heavy atom. The van der Waals surface area contributed by atoms with E-state index in [-0.39, 0.29) is 17.7 Å². The summed E-state index contributed by atoms with van der Waals surface area (Å²) in [5.41, 5.74) is 8.25. The van der Waals surface area contributed by atoms with E-state index < -0.39 is 0 Å². The third-order valence-electron chi connectivity index (χ3n) is 5.93. The average molecular weight is 437 g/mol. The number of hydrogen-bond donors (Lipinski definition) is 2. The SMILES string of the molecule is Cc1onc(-c2cnn(C)c2NCCc2ccccc2)c1C(=O)N1CCCC(C(N)=O)C1. The van der Waals surface area contributed by atoms with E-state index in [1.165, 1.54) is 5.56 Å². The molecule has 0 bridgehead atoms. The summed E-state index contributed by atoms with van der Waals surface area (Å²) in [6, 6.07) is 10.2. The van der Waals surface area contributed by atoms with Crippen LogP contribution in [-0.4, -0.2) is 51.3 Å². The van der Waals surface area contributed by atoms with E-state index in [9.17, 15) is 9.59 Å². The fourth-order valence-corrected chi connectivity index (χ4v) is 4.15. The van der Waals surface area contributed by atoms with Crippen LogP contribution in [0.25, 0.3) is 11.3 Å². The van der Waals surface area contributed by atoms with Crippen molar-refractivity contribution in [2.45, 2.75) is 26.2 Å². The summed E-state index contributed by atoms with van der Waals surface area (Å²) in [7, 11) is 1.84. The van der Waals surface area contributed by atoms with Crippen LogP contribution in [0.4, 0.5) is 5.82 Å². The minimum absolute atomic E-state index is 0.205. The molecule has 0 radical (unpaired) electrons. The zero-order valence-electron chi connectivity index (χ0n) is 18.4. The lowest BCUT2D eigenvalue weighted by atomic mass is 9.96. The number of piperidine rings is 1. The molecule has 0 spiro atoms. The molecule has 1 fully saturated rings. The first-order valence-corrected chi connectivity index (χ1v) is 10.8. The third kappa shape index (κ3) is 4.37. The van der Waals surface area contributed by atoms with Crippen molar-refractivity contribution in [3.63, 3.8) is 0 Å². The Balaban J connectivity index is 1.56. The van der Waals surface area contributed by atoms with Crippen molar-refractivity contribution in [3.8, 4) is 11.3 Å². The van der Waals surface area contributed by atoms with Gasteiger partial charge in [-0.1, -0.05) is 35.5 Å². The zero-order valence-corrected chi connectivity index (χ0v) is 18.4. The molecule has 3 aromatic rings. The predicted molar refractivity (Wildman–Crippen MR) is 120 cm³/mol. The summed E-state index contributed by atoms with van der Waals surface area (Å²) >= 11 is 0. The monoisotopic (exact) mass is 436 g/mol. The Kier molecular flexibility index (Phi) is 6.25. The quantitative estimate of drug-likeness (QED) is 0.587. The van der Waals surface area contributed by atoms with Gasteiger partial charge in [-0.25, -0.2) is 0 Å². The van der Waals surface area contributed by atoms with Crippen molar-refractivity contribution in [3.05, 3.63) is 53.4 Å². The number of primary amides is 1. The maximum absolute atomic E-state index is 13.4. The molecular formula is C23H28N6O3. The summed E-state index contributed by atoms with van der Waals surface area (Å²) in [6.07, 6.45) is 3.96. The Morgan fingerprint density at radius 1 is 1.28 bits per heavy atom. The molecule has 1 unspecified atom stereocenters. The number of nitrogens with one attached hydrogen (secondary N) is 1. The van der Waals surface area contributed by atoms with Crippen LogP contribution in [0.2, 0.25) is 0 Å². The minimum Gasteiger partial charge on any atom is -0.369 e.